The van der Waals surface area contributed by atoms with Gasteiger partial charge >= 0.3 is 0 Å². The van der Waals surface area contributed by atoms with Gasteiger partial charge in [0.25, 0.3) is 0 Å². The third-order valence-corrected chi connectivity index (χ3v) is 3.66. The first-order valence-electron chi connectivity index (χ1n) is 6.45. The summed E-state index contributed by atoms with van der Waals surface area (Å²) in [6.07, 6.45) is 1.82. The van der Waals surface area contributed by atoms with Gasteiger partial charge in [-0.15, -0.1) is 0 Å². The van der Waals surface area contributed by atoms with E-state index < -0.39 is 0 Å². The summed E-state index contributed by atoms with van der Waals surface area (Å²) in [5.74, 6) is 0.315. The van der Waals surface area contributed by atoms with Crippen molar-refractivity contribution in [3.8, 4) is 0 Å². The Kier molecular flexibility index (Phi) is 4.36. The molecule has 0 aliphatic carbocycles. The summed E-state index contributed by atoms with van der Waals surface area (Å²) in [6, 6.07) is 0.522. The zero-order valence-electron chi connectivity index (χ0n) is 10.4. The van der Waals surface area contributed by atoms with E-state index in [1.807, 2.05) is 4.90 Å². The van der Waals surface area contributed by atoms with Gasteiger partial charge in [0.15, 0.2) is 0 Å². The summed E-state index contributed by atoms with van der Waals surface area (Å²) in [5, 5.41) is 12.4. The molecule has 0 saturated carbocycles. The normalized spacial score (nSPS) is 34.7. The molecule has 0 aromatic rings. The topological polar surface area (TPSA) is 61.8 Å². The van der Waals surface area contributed by atoms with E-state index in [4.69, 9.17) is 9.84 Å². The molecule has 3 unspecified atom stereocenters. The van der Waals surface area contributed by atoms with Gasteiger partial charge in [0.1, 0.15) is 0 Å². The van der Waals surface area contributed by atoms with Gasteiger partial charge in [0.05, 0.1) is 25.2 Å². The van der Waals surface area contributed by atoms with Crippen molar-refractivity contribution in [3.63, 3.8) is 0 Å². The molecule has 0 bridgehead atoms. The van der Waals surface area contributed by atoms with Crippen LogP contribution in [0.4, 0.5) is 0 Å². The van der Waals surface area contributed by atoms with E-state index in [0.29, 0.717) is 25.7 Å². The Balaban J connectivity index is 1.86. The molecule has 0 spiro atoms. The van der Waals surface area contributed by atoms with E-state index in [-0.39, 0.29) is 24.5 Å². The number of morpholine rings is 1. The number of hydrogen-bond acceptors (Lipinski definition) is 4. The summed E-state index contributed by atoms with van der Waals surface area (Å²) >= 11 is 0. The number of carbonyl (C=O) groups is 1. The summed E-state index contributed by atoms with van der Waals surface area (Å²) in [6.45, 7) is 4.64. The maximum absolute atomic E-state index is 12.3. The molecule has 2 heterocycles. The Hall–Kier alpha value is -0.650. The molecular formula is C12H22N2O3. The molecule has 17 heavy (non-hydrogen) atoms. The highest BCUT2D eigenvalue weighted by atomic mass is 16.5. The molecule has 3 atom stereocenters. The number of ether oxygens (including phenoxy) is 1. The molecule has 1 amide bonds. The molecule has 0 aromatic carbocycles. The van der Waals surface area contributed by atoms with Crippen molar-refractivity contribution >= 4 is 5.91 Å². The number of aliphatic hydroxyl groups excluding tert-OH is 1. The van der Waals surface area contributed by atoms with Crippen molar-refractivity contribution in [2.75, 3.05) is 32.8 Å². The average Bonchev–Trinajstić information content (AvgIpc) is 2.39. The lowest BCUT2D eigenvalue weighted by atomic mass is 9.94. The van der Waals surface area contributed by atoms with Crippen LogP contribution in [0.5, 0.6) is 0 Å². The number of amides is 1. The third-order valence-electron chi connectivity index (χ3n) is 3.66. The maximum Gasteiger partial charge on any atom is 0.227 e. The molecule has 2 N–H and O–H groups in total. The van der Waals surface area contributed by atoms with E-state index in [1.54, 1.807) is 0 Å². The molecular weight excluding hydrogens is 220 g/mol. The second-order valence-electron chi connectivity index (χ2n) is 5.04. The van der Waals surface area contributed by atoms with Crippen LogP contribution in [0.1, 0.15) is 19.8 Å². The Labute approximate surface area is 102 Å². The average molecular weight is 242 g/mol. The minimum absolute atomic E-state index is 0.0102. The maximum atomic E-state index is 12.3. The second kappa shape index (κ2) is 5.80. The van der Waals surface area contributed by atoms with Crippen LogP contribution in [0.3, 0.4) is 0 Å². The van der Waals surface area contributed by atoms with Gasteiger partial charge in [-0.2, -0.15) is 0 Å². The fourth-order valence-electron chi connectivity index (χ4n) is 2.50. The third kappa shape index (κ3) is 3.18. The highest BCUT2D eigenvalue weighted by Crippen LogP contribution is 2.18. The number of nitrogens with zero attached hydrogens (tertiary/aromatic N) is 1. The Morgan fingerprint density at radius 3 is 3.00 bits per heavy atom. The number of carbonyl (C=O) groups excluding carboxylic acids is 1. The SMILES string of the molecule is CC1CCC(C(=O)N2CCOC(CO)C2)CN1. The lowest BCUT2D eigenvalue weighted by molar-refractivity contribution is -0.145. The number of hydrogen-bond donors (Lipinski definition) is 2. The molecule has 5 nitrogen and oxygen atoms in total. The zero-order chi connectivity index (χ0) is 12.3. The van der Waals surface area contributed by atoms with Crippen molar-refractivity contribution in [1.82, 2.24) is 10.2 Å². The van der Waals surface area contributed by atoms with E-state index in [9.17, 15) is 4.79 Å². The van der Waals surface area contributed by atoms with E-state index >= 15 is 0 Å². The molecule has 0 radical (unpaired) electrons. The fraction of sp³-hybridized carbons (Fsp3) is 0.917. The first kappa shape index (κ1) is 12.8. The predicted molar refractivity (Wildman–Crippen MR) is 63.6 cm³/mol. The molecule has 5 heteroatoms. The van der Waals surface area contributed by atoms with Crippen LogP contribution < -0.4 is 5.32 Å². The van der Waals surface area contributed by atoms with Gasteiger partial charge < -0.3 is 20.1 Å². The fourth-order valence-corrected chi connectivity index (χ4v) is 2.50. The van der Waals surface area contributed by atoms with Crippen LogP contribution in [0.15, 0.2) is 0 Å². The lowest BCUT2D eigenvalue weighted by Crippen LogP contribution is -2.51. The lowest BCUT2D eigenvalue weighted by Gasteiger charge is -2.36. The predicted octanol–water partition coefficient (Wildman–Crippen LogP) is -0.406. The Morgan fingerprint density at radius 1 is 1.53 bits per heavy atom. The summed E-state index contributed by atoms with van der Waals surface area (Å²) in [4.78, 5) is 14.1. The van der Waals surface area contributed by atoms with Crippen LogP contribution >= 0.6 is 0 Å². The molecule has 2 rings (SSSR count). The van der Waals surface area contributed by atoms with Gasteiger partial charge in [0.2, 0.25) is 5.91 Å². The summed E-state index contributed by atoms with van der Waals surface area (Å²) < 4.78 is 5.35. The van der Waals surface area contributed by atoms with Crippen molar-refractivity contribution in [1.29, 1.82) is 0 Å². The van der Waals surface area contributed by atoms with Gasteiger partial charge in [-0.3, -0.25) is 4.79 Å². The quantitative estimate of drug-likeness (QED) is 0.691. The highest BCUT2D eigenvalue weighted by Gasteiger charge is 2.30. The number of piperidine rings is 1. The van der Waals surface area contributed by atoms with E-state index in [1.165, 1.54) is 0 Å². The number of rotatable bonds is 2. The van der Waals surface area contributed by atoms with E-state index in [0.717, 1.165) is 19.4 Å². The first-order valence-corrected chi connectivity index (χ1v) is 6.45. The largest absolute Gasteiger partial charge is 0.394 e. The molecule has 2 aliphatic rings. The molecule has 2 aliphatic heterocycles. The molecule has 0 aromatic heterocycles. The molecule has 2 fully saturated rings. The summed E-state index contributed by atoms with van der Waals surface area (Å²) in [7, 11) is 0. The van der Waals surface area contributed by atoms with Gasteiger partial charge in [0, 0.05) is 25.7 Å². The molecule has 98 valence electrons. The van der Waals surface area contributed by atoms with Crippen molar-refractivity contribution in [2.45, 2.75) is 31.9 Å². The Bertz CT molecular complexity index is 264. The monoisotopic (exact) mass is 242 g/mol. The van der Waals surface area contributed by atoms with Gasteiger partial charge in [-0.25, -0.2) is 0 Å². The zero-order valence-corrected chi connectivity index (χ0v) is 10.4. The van der Waals surface area contributed by atoms with E-state index in [2.05, 4.69) is 12.2 Å². The van der Waals surface area contributed by atoms with Crippen molar-refractivity contribution in [3.05, 3.63) is 0 Å². The van der Waals surface area contributed by atoms with Gasteiger partial charge in [-0.1, -0.05) is 0 Å². The van der Waals surface area contributed by atoms with Crippen molar-refractivity contribution in [2.24, 2.45) is 5.92 Å². The van der Waals surface area contributed by atoms with Crippen LogP contribution in [-0.2, 0) is 9.53 Å². The Morgan fingerprint density at radius 2 is 2.35 bits per heavy atom. The minimum Gasteiger partial charge on any atom is -0.394 e. The smallest absolute Gasteiger partial charge is 0.227 e. The van der Waals surface area contributed by atoms with Crippen LogP contribution in [0, 0.1) is 5.92 Å². The standard InChI is InChI=1S/C12H22N2O3/c1-9-2-3-10(6-13-9)12(16)14-4-5-17-11(7-14)8-15/h9-11,13,15H,2-8H2,1H3. The second-order valence-corrected chi connectivity index (χ2v) is 5.04. The highest BCUT2D eigenvalue weighted by molar-refractivity contribution is 5.79. The van der Waals surface area contributed by atoms with Crippen LogP contribution in [0.25, 0.3) is 0 Å². The minimum atomic E-state index is -0.205. The summed E-state index contributed by atoms with van der Waals surface area (Å²) in [5.41, 5.74) is 0. The molecule has 2 saturated heterocycles. The number of nitrogens with one attached hydrogen (secondary N) is 1. The van der Waals surface area contributed by atoms with Crippen molar-refractivity contribution < 1.29 is 14.6 Å². The van der Waals surface area contributed by atoms with Crippen LogP contribution in [-0.4, -0.2) is 60.9 Å². The van der Waals surface area contributed by atoms with Gasteiger partial charge in [-0.05, 0) is 19.8 Å². The van der Waals surface area contributed by atoms with Crippen LogP contribution in [0.2, 0.25) is 0 Å². The number of aliphatic hydroxyl groups is 1. The first-order chi connectivity index (χ1) is 8.20.